The first-order valence-electron chi connectivity index (χ1n) is 13.8. The lowest BCUT2D eigenvalue weighted by molar-refractivity contribution is -0.143. The Kier molecular flexibility index (Phi) is 6.45. The summed E-state index contributed by atoms with van der Waals surface area (Å²) >= 11 is 0. The van der Waals surface area contributed by atoms with Crippen LogP contribution in [0.1, 0.15) is 53.4 Å². The SMILES string of the molecule is CCC1=CN(c2ccc3n(c2=O)CC(CN(C)C)N(Cc2cc(C(F)(F)F)cc(C(F)(F)F)c2)C3=O)C=C2C3CC23C1. The lowest BCUT2D eigenvalue weighted by Crippen LogP contribution is -2.54. The van der Waals surface area contributed by atoms with Gasteiger partial charge in [0.2, 0.25) is 0 Å². The van der Waals surface area contributed by atoms with Crippen molar-refractivity contribution in [1.29, 1.82) is 0 Å². The van der Waals surface area contributed by atoms with E-state index in [0.29, 0.717) is 23.7 Å². The Morgan fingerprint density at radius 1 is 0.976 bits per heavy atom. The van der Waals surface area contributed by atoms with Crippen molar-refractivity contribution in [2.45, 2.75) is 57.7 Å². The van der Waals surface area contributed by atoms with Crippen molar-refractivity contribution < 1.29 is 31.1 Å². The van der Waals surface area contributed by atoms with E-state index in [1.165, 1.54) is 33.1 Å². The van der Waals surface area contributed by atoms with E-state index in [1.807, 2.05) is 17.3 Å². The van der Waals surface area contributed by atoms with Gasteiger partial charge < -0.3 is 19.3 Å². The van der Waals surface area contributed by atoms with Crippen LogP contribution in [0.4, 0.5) is 32.0 Å². The van der Waals surface area contributed by atoms with E-state index in [9.17, 15) is 35.9 Å². The van der Waals surface area contributed by atoms with Crippen LogP contribution in [0.25, 0.3) is 0 Å². The summed E-state index contributed by atoms with van der Waals surface area (Å²) in [6, 6.07) is 3.74. The Labute approximate surface area is 238 Å². The van der Waals surface area contributed by atoms with Crippen LogP contribution in [0.3, 0.4) is 0 Å². The van der Waals surface area contributed by atoms with E-state index in [1.54, 1.807) is 25.1 Å². The molecule has 0 bridgehead atoms. The summed E-state index contributed by atoms with van der Waals surface area (Å²) in [7, 11) is 3.47. The summed E-state index contributed by atoms with van der Waals surface area (Å²) in [6.45, 7) is 1.87. The van der Waals surface area contributed by atoms with Crippen LogP contribution >= 0.6 is 0 Å². The van der Waals surface area contributed by atoms with Gasteiger partial charge in [-0.15, -0.1) is 0 Å². The third kappa shape index (κ3) is 4.83. The quantitative estimate of drug-likeness (QED) is 0.394. The first-order chi connectivity index (χ1) is 19.6. The maximum absolute atomic E-state index is 13.8. The Hall–Kier alpha value is -3.54. The molecule has 1 aromatic carbocycles. The van der Waals surface area contributed by atoms with E-state index in [-0.39, 0.29) is 41.4 Å². The van der Waals surface area contributed by atoms with E-state index < -0.39 is 42.0 Å². The Morgan fingerprint density at radius 2 is 1.64 bits per heavy atom. The molecule has 42 heavy (non-hydrogen) atoms. The number of fused-ring (bicyclic) bond motifs is 2. The standard InChI is InChI=1S/C30H30F6N4O2/c1-4-17-10-28-11-22(28)23(28)16-38(12-17)24-5-6-25-27(42)39(21(14-37(2)3)15-40(25)26(24)41)13-18-7-19(29(31,32)33)9-20(8-18)30(34,35)36/h5-9,12,16,21-22H,4,10-11,13-15H2,1-3H3. The van der Waals surface area contributed by atoms with Gasteiger partial charge in [0.15, 0.2) is 0 Å². The Morgan fingerprint density at radius 3 is 2.21 bits per heavy atom. The highest BCUT2D eigenvalue weighted by Gasteiger charge is 2.74. The van der Waals surface area contributed by atoms with Crippen molar-refractivity contribution in [2.75, 3.05) is 25.5 Å². The molecule has 2 aliphatic heterocycles. The van der Waals surface area contributed by atoms with Gasteiger partial charge in [0.1, 0.15) is 11.4 Å². The third-order valence-electron chi connectivity index (χ3n) is 8.86. The number of anilines is 1. The molecule has 3 atom stereocenters. The first-order valence-corrected chi connectivity index (χ1v) is 13.8. The number of allylic oxidation sites excluding steroid dienone is 2. The van der Waals surface area contributed by atoms with Crippen LogP contribution < -0.4 is 10.5 Å². The zero-order chi connectivity index (χ0) is 30.4. The summed E-state index contributed by atoms with van der Waals surface area (Å²) in [5.41, 5.74) is -0.321. The molecule has 0 N–H and O–H groups in total. The van der Waals surface area contributed by atoms with Gasteiger partial charge in [-0.3, -0.25) is 9.59 Å². The molecular formula is C30H30F6N4O2. The first kappa shape index (κ1) is 28.6. The number of nitrogens with zero attached hydrogens (tertiary/aromatic N) is 4. The summed E-state index contributed by atoms with van der Waals surface area (Å²) in [5, 5.41) is 0. The van der Waals surface area contributed by atoms with Crippen LogP contribution in [-0.4, -0.2) is 47.0 Å². The predicted molar refractivity (Wildman–Crippen MR) is 143 cm³/mol. The number of aromatic nitrogens is 1. The molecule has 2 fully saturated rings. The van der Waals surface area contributed by atoms with Crippen molar-refractivity contribution in [2.24, 2.45) is 11.3 Å². The van der Waals surface area contributed by atoms with Gasteiger partial charge in [0, 0.05) is 37.4 Å². The highest BCUT2D eigenvalue weighted by atomic mass is 19.4. The molecule has 2 aliphatic carbocycles. The molecule has 4 aliphatic rings. The second kappa shape index (κ2) is 9.48. The molecule has 1 aromatic heterocycles. The van der Waals surface area contributed by atoms with Crippen molar-refractivity contribution in [3.05, 3.63) is 86.6 Å². The maximum Gasteiger partial charge on any atom is 0.416 e. The fourth-order valence-electron chi connectivity index (χ4n) is 6.47. The fourth-order valence-corrected chi connectivity index (χ4v) is 6.47. The minimum Gasteiger partial charge on any atom is -0.327 e. The number of hydrogen-bond donors (Lipinski definition) is 0. The van der Waals surface area contributed by atoms with Crippen LogP contribution in [0, 0.1) is 11.3 Å². The fraction of sp³-hybridized carbons (Fsp3) is 0.467. The average molecular weight is 593 g/mol. The summed E-state index contributed by atoms with van der Waals surface area (Å²) < 4.78 is 82.3. The topological polar surface area (TPSA) is 48.8 Å². The largest absolute Gasteiger partial charge is 0.416 e. The molecule has 0 saturated heterocycles. The van der Waals surface area contributed by atoms with E-state index in [4.69, 9.17) is 0 Å². The molecular weight excluding hydrogens is 562 g/mol. The number of pyridine rings is 1. The Balaban J connectivity index is 1.37. The molecule has 6 nitrogen and oxygen atoms in total. The maximum atomic E-state index is 13.8. The van der Waals surface area contributed by atoms with E-state index in [2.05, 4.69) is 6.92 Å². The van der Waals surface area contributed by atoms with Crippen molar-refractivity contribution in [3.8, 4) is 0 Å². The average Bonchev–Trinajstić information content (AvgIpc) is 3.77. The molecule has 6 rings (SSSR count). The van der Waals surface area contributed by atoms with Crippen LogP contribution in [0.5, 0.6) is 0 Å². The van der Waals surface area contributed by atoms with Gasteiger partial charge in [-0.05, 0) is 80.7 Å². The van der Waals surface area contributed by atoms with Crippen molar-refractivity contribution >= 4 is 11.6 Å². The van der Waals surface area contributed by atoms with Gasteiger partial charge in [0.05, 0.1) is 17.2 Å². The summed E-state index contributed by atoms with van der Waals surface area (Å²) in [6.07, 6.45) is -3.02. The lowest BCUT2D eigenvalue weighted by Gasteiger charge is -2.39. The smallest absolute Gasteiger partial charge is 0.327 e. The zero-order valence-corrected chi connectivity index (χ0v) is 23.3. The van der Waals surface area contributed by atoms with Gasteiger partial charge in [0.25, 0.3) is 11.5 Å². The highest BCUT2D eigenvalue weighted by molar-refractivity contribution is 5.94. The van der Waals surface area contributed by atoms with E-state index >= 15 is 0 Å². The number of alkyl halides is 6. The Bertz CT molecular complexity index is 1560. The number of carbonyl (C=O) groups excluding carboxylic acids is 1. The molecule has 1 spiro atoms. The second-order valence-corrected chi connectivity index (χ2v) is 12.0. The number of carbonyl (C=O) groups is 1. The minimum atomic E-state index is -5.00. The lowest BCUT2D eigenvalue weighted by atomic mass is 10.0. The van der Waals surface area contributed by atoms with Crippen LogP contribution in [0.2, 0.25) is 0 Å². The molecule has 0 radical (unpaired) electrons. The molecule has 2 aromatic rings. The molecule has 3 heterocycles. The number of likely N-dealkylation sites (N-methyl/N-ethyl adjacent to an activating group) is 1. The van der Waals surface area contributed by atoms with Gasteiger partial charge in [-0.1, -0.05) is 12.5 Å². The molecule has 224 valence electrons. The van der Waals surface area contributed by atoms with Gasteiger partial charge in [-0.25, -0.2) is 0 Å². The summed E-state index contributed by atoms with van der Waals surface area (Å²) in [4.78, 5) is 32.4. The minimum absolute atomic E-state index is 0.0367. The molecule has 2 saturated carbocycles. The monoisotopic (exact) mass is 592 g/mol. The number of benzene rings is 1. The van der Waals surface area contributed by atoms with Crippen molar-refractivity contribution in [3.63, 3.8) is 0 Å². The summed E-state index contributed by atoms with van der Waals surface area (Å²) in [5.74, 6) is -0.0620. The normalized spacial score (nSPS) is 25.0. The molecule has 12 heteroatoms. The second-order valence-electron chi connectivity index (χ2n) is 12.0. The van der Waals surface area contributed by atoms with Gasteiger partial charge >= 0.3 is 12.4 Å². The number of halogens is 6. The number of hydrogen-bond acceptors (Lipinski definition) is 4. The van der Waals surface area contributed by atoms with Crippen molar-refractivity contribution in [1.82, 2.24) is 14.4 Å². The molecule has 1 amide bonds. The zero-order valence-electron chi connectivity index (χ0n) is 23.3. The highest BCUT2D eigenvalue weighted by Crippen LogP contribution is 2.82. The van der Waals surface area contributed by atoms with Gasteiger partial charge in [-0.2, -0.15) is 26.3 Å². The van der Waals surface area contributed by atoms with Crippen LogP contribution in [0.15, 0.2) is 58.7 Å². The number of amides is 1. The van der Waals surface area contributed by atoms with Crippen LogP contribution in [-0.2, 0) is 25.4 Å². The van der Waals surface area contributed by atoms with E-state index in [0.717, 1.165) is 12.8 Å². The predicted octanol–water partition coefficient (Wildman–Crippen LogP) is 5.88. The molecule has 3 unspecified atom stereocenters. The number of rotatable bonds is 6. The third-order valence-corrected chi connectivity index (χ3v) is 8.86.